The van der Waals surface area contributed by atoms with Crippen molar-refractivity contribution < 1.29 is 135 Å². The number of aliphatic carboxylic acids is 3. The van der Waals surface area contributed by atoms with Crippen molar-refractivity contribution in [3.8, 4) is 0 Å². The van der Waals surface area contributed by atoms with Crippen LogP contribution in [-0.4, -0.2) is 138 Å². The van der Waals surface area contributed by atoms with Crippen molar-refractivity contribution in [2.75, 3.05) is 47.3 Å². The van der Waals surface area contributed by atoms with E-state index < -0.39 is 29.1 Å². The third-order valence-corrected chi connectivity index (χ3v) is 11.6. The molecule has 21 nitrogen and oxygen atoms in total. The summed E-state index contributed by atoms with van der Waals surface area (Å²) in [5.41, 5.74) is 5.05. The molecule has 0 radical (unpaired) electrons. The minimum absolute atomic E-state index is 0. The maximum atomic E-state index is 11.5. The summed E-state index contributed by atoms with van der Waals surface area (Å²) in [6, 6.07) is 49.6. The third kappa shape index (κ3) is 72.8. The Morgan fingerprint density at radius 2 is 0.602 bits per heavy atom. The normalized spacial score (nSPS) is 9.63. The Hall–Kier alpha value is -7.50. The Bertz CT molecular complexity index is 2720. The number of aliphatic hydroxyl groups excluding tert-OH is 3. The van der Waals surface area contributed by atoms with Gasteiger partial charge in [0.1, 0.15) is 31.0 Å². The first-order valence-electron chi connectivity index (χ1n) is 31.7. The largest absolute Gasteiger partial charge is 1.00 e. The molecule has 0 amide bonds. The summed E-state index contributed by atoms with van der Waals surface area (Å²) >= 11 is 0. The van der Waals surface area contributed by atoms with Crippen molar-refractivity contribution in [2.24, 2.45) is 0 Å². The molecule has 0 atom stereocenters. The van der Waals surface area contributed by atoms with Crippen LogP contribution < -0.4 is 34.7 Å². The van der Waals surface area contributed by atoms with Crippen LogP contribution >= 0.6 is 12.4 Å². The second-order valence-electron chi connectivity index (χ2n) is 22.2. The molecule has 0 aliphatic carbocycles. The molecule has 23 heteroatoms. The molecule has 0 spiro atoms. The van der Waals surface area contributed by atoms with Crippen molar-refractivity contribution in [1.29, 1.82) is 0 Å². The molecule has 5 N–H and O–H groups in total. The first kappa shape index (κ1) is 102. The van der Waals surface area contributed by atoms with Crippen molar-refractivity contribution >= 4 is 66.1 Å². The van der Waals surface area contributed by atoms with Gasteiger partial charge in [-0.1, -0.05) is 159 Å². The van der Waals surface area contributed by atoms with Crippen LogP contribution in [0.3, 0.4) is 0 Å². The minimum Gasteiger partial charge on any atom is -0.550 e. The molecule has 5 aromatic rings. The molecule has 0 aliphatic rings. The predicted octanol–water partition coefficient (Wildman–Crippen LogP) is 9.15. The van der Waals surface area contributed by atoms with Gasteiger partial charge in [-0.05, 0) is 147 Å². The number of rotatable bonds is 32. The van der Waals surface area contributed by atoms with E-state index in [4.69, 9.17) is 54.0 Å². The molecule has 0 unspecified atom stereocenters. The van der Waals surface area contributed by atoms with Gasteiger partial charge >= 0.3 is 77.3 Å². The Balaban J connectivity index is -0.000000168. The second-order valence-corrected chi connectivity index (χ2v) is 22.2. The van der Waals surface area contributed by atoms with Gasteiger partial charge in [0.05, 0.1) is 38.9 Å². The Kier molecular flexibility index (Phi) is 70.5. The fourth-order valence-electron chi connectivity index (χ4n) is 7.49. The van der Waals surface area contributed by atoms with Gasteiger partial charge in [-0.2, -0.15) is 0 Å². The zero-order valence-electron chi connectivity index (χ0n) is 58.6. The standard InChI is InChI=1S/C17H24O4.C15H20O4.C13H16O4.2C10H12O2.C7H14O3.2CH4O.CH4.ClH.Na.2H2/c1-17(2,3)21-16(19)12-13-20-15(18)11-7-10-14-8-5-4-6-9-14;1-2-18-15(17)11-12-19-14(16)10-6-9-13-7-4-3-5-8-13;14-12(15)9-10-17-13(16)8-4-7-11-5-2-1-3-6-11;2*11-10(12)8-4-7-9-5-2-1-3-6-9;1-7(2,3)10-6(9)4-5-8;2*1-2;;;;;/h4-6,8-9H,7,10-13H2,1-3H3;3-5,7-8H,2,6,9-12H2,1H3;1-3,5-6H,4,7-10H2,(H,14,15);2*1-3,5-6H,4,7-8H2,(H,11,12);8H,4-5H2,1-3H3;2*2H,1H3;1H4;1H;;2*1H/q;;;;;;;;;;+1;;/p-1/i;;;;;;;;;;;2*1+1. The molecule has 5 rings (SSSR count). The maximum Gasteiger partial charge on any atom is 1.00 e. The van der Waals surface area contributed by atoms with Crippen LogP contribution in [0.2, 0.25) is 0 Å². The van der Waals surface area contributed by atoms with Crippen molar-refractivity contribution in [3.05, 3.63) is 179 Å². The number of carbonyl (C=O) groups excluding carboxylic acids is 7. The number of benzene rings is 5. The van der Waals surface area contributed by atoms with Gasteiger partial charge in [0.2, 0.25) is 0 Å². The van der Waals surface area contributed by atoms with Crippen LogP contribution in [0.15, 0.2) is 152 Å². The first-order valence-corrected chi connectivity index (χ1v) is 31.7. The molecule has 0 aliphatic heterocycles. The minimum atomic E-state index is -0.967. The Morgan fingerprint density at radius 1 is 0.367 bits per heavy atom. The zero-order chi connectivity index (χ0) is 72.0. The van der Waals surface area contributed by atoms with E-state index in [0.29, 0.717) is 32.3 Å². The third-order valence-electron chi connectivity index (χ3n) is 11.6. The summed E-state index contributed by atoms with van der Waals surface area (Å²) in [4.78, 5) is 97.7. The summed E-state index contributed by atoms with van der Waals surface area (Å²) in [7, 11) is 2.00. The number of ether oxygens (including phenoxy) is 6. The molecular formula is C75H114ClNaO21. The van der Waals surface area contributed by atoms with Crippen molar-refractivity contribution in [2.45, 2.75) is 189 Å². The quantitative estimate of drug-likeness (QED) is 0.0152. The molecular weight excluding hydrogens is 1300 g/mol. The Morgan fingerprint density at radius 3 is 0.847 bits per heavy atom. The van der Waals surface area contributed by atoms with Gasteiger partial charge in [-0.25, -0.2) is 0 Å². The average molecular weight is 1410 g/mol. The number of carboxylic acid groups (broad SMARTS) is 3. The van der Waals surface area contributed by atoms with E-state index >= 15 is 0 Å². The van der Waals surface area contributed by atoms with Crippen LogP contribution in [-0.2, 0) is 104 Å². The van der Waals surface area contributed by atoms with Gasteiger partial charge in [0, 0.05) is 48.7 Å². The number of hydrogen-bond donors (Lipinski definition) is 5. The van der Waals surface area contributed by atoms with Crippen LogP contribution in [0.25, 0.3) is 0 Å². The SMILES string of the molecule is C.CC(C)(C)OC(=O)CCO.CC(C)(C)OC(=O)CCOC(=O)CCCc1ccccc1.CCOC(=O)CCOC(=O)CCCc1ccccc1.CO.CO.Cl.O=C(O)CCCc1ccccc1.O=C(O)CCOC(=O)CCCc1ccccc1.O=C([O-])CCCc1ccccc1.[2HH].[2HH].[Na+]. The van der Waals surface area contributed by atoms with Crippen LogP contribution in [0, 0.1) is 0 Å². The fourth-order valence-corrected chi connectivity index (χ4v) is 7.49. The molecule has 0 bridgehead atoms. The summed E-state index contributed by atoms with van der Waals surface area (Å²) in [5.74, 6) is -4.54. The predicted molar refractivity (Wildman–Crippen MR) is 378 cm³/mol. The van der Waals surface area contributed by atoms with E-state index in [2.05, 4.69) is 0 Å². The van der Waals surface area contributed by atoms with E-state index in [0.717, 1.165) is 72.0 Å². The van der Waals surface area contributed by atoms with Crippen LogP contribution in [0.4, 0.5) is 0 Å². The number of esters is 6. The number of hydrogen-bond acceptors (Lipinski definition) is 19. The molecule has 0 saturated carbocycles. The summed E-state index contributed by atoms with van der Waals surface area (Å²) in [5, 5.41) is 49.2. The zero-order valence-corrected chi connectivity index (χ0v) is 61.4. The molecule has 5 aromatic carbocycles. The van der Waals surface area contributed by atoms with Gasteiger partial charge in [0.15, 0.2) is 0 Å². The molecule has 98 heavy (non-hydrogen) atoms. The first-order chi connectivity index (χ1) is 45.3. The van der Waals surface area contributed by atoms with Crippen molar-refractivity contribution in [1.82, 2.24) is 0 Å². The second kappa shape index (κ2) is 68.0. The van der Waals surface area contributed by atoms with Gasteiger partial charge in [-0.3, -0.25) is 38.4 Å². The number of aliphatic hydroxyl groups is 3. The van der Waals surface area contributed by atoms with Gasteiger partial charge in [0.25, 0.3) is 0 Å². The summed E-state index contributed by atoms with van der Waals surface area (Å²) in [6.45, 7) is 12.9. The molecule has 0 heterocycles. The van der Waals surface area contributed by atoms with E-state index in [9.17, 15) is 48.3 Å². The van der Waals surface area contributed by atoms with Crippen molar-refractivity contribution in [3.63, 3.8) is 0 Å². The molecule has 0 fully saturated rings. The number of carboxylic acids is 3. The maximum absolute atomic E-state index is 11.5. The Labute approximate surface area is 613 Å². The van der Waals surface area contributed by atoms with E-state index in [1.54, 1.807) is 48.5 Å². The van der Waals surface area contributed by atoms with Crippen LogP contribution in [0.5, 0.6) is 0 Å². The van der Waals surface area contributed by atoms with Gasteiger partial charge in [-0.15, -0.1) is 12.4 Å². The summed E-state index contributed by atoms with van der Waals surface area (Å²) in [6.07, 6.45) is 9.44. The number of halogens is 1. The van der Waals surface area contributed by atoms with E-state index in [-0.39, 0.29) is 153 Å². The van der Waals surface area contributed by atoms with E-state index in [1.807, 2.05) is 152 Å². The number of carbonyl (C=O) groups is 9. The molecule has 0 aromatic heterocycles. The summed E-state index contributed by atoms with van der Waals surface area (Å²) < 4.78 is 29.5. The fraction of sp³-hybridized carbons (Fsp3) is 0.480. The van der Waals surface area contributed by atoms with E-state index in [1.165, 1.54) is 27.8 Å². The topological polar surface area (TPSA) is 333 Å². The van der Waals surface area contributed by atoms with Crippen LogP contribution in [0.1, 0.15) is 176 Å². The molecule has 548 valence electrons. The molecule has 0 saturated heterocycles. The monoisotopic (exact) mass is 1410 g/mol. The smallest absolute Gasteiger partial charge is 0.550 e. The van der Waals surface area contributed by atoms with Gasteiger partial charge < -0.3 is 63.9 Å². The number of aryl methyl sites for hydroxylation is 5. The average Bonchev–Trinajstić information content (AvgIpc) is 1.47.